The van der Waals surface area contributed by atoms with Gasteiger partial charge in [-0.3, -0.25) is 9.59 Å². The average molecular weight is 473 g/mol. The van der Waals surface area contributed by atoms with Crippen LogP contribution in [0, 0.1) is 0 Å². The van der Waals surface area contributed by atoms with E-state index in [1.165, 1.54) is 0 Å². The summed E-state index contributed by atoms with van der Waals surface area (Å²) in [5.41, 5.74) is 1.27. The lowest BCUT2D eigenvalue weighted by molar-refractivity contribution is 0.0721. The fourth-order valence-electron chi connectivity index (χ4n) is 4.91. The molecule has 0 N–H and O–H groups in total. The lowest BCUT2D eigenvalue weighted by atomic mass is 9.96. The number of amides is 1. The highest BCUT2D eigenvalue weighted by Crippen LogP contribution is 2.43. The second-order valence-electron chi connectivity index (χ2n) is 9.00. The second kappa shape index (κ2) is 9.07. The molecule has 0 saturated heterocycles. The molecule has 2 heterocycles. The zero-order chi connectivity index (χ0) is 24.7. The molecule has 5 rings (SSSR count). The topological polar surface area (TPSA) is 72.2 Å². The van der Waals surface area contributed by atoms with Crippen LogP contribution in [-0.2, 0) is 0 Å². The fourth-order valence-corrected chi connectivity index (χ4v) is 4.91. The molecular formula is C28H28N2O5. The van der Waals surface area contributed by atoms with E-state index >= 15 is 0 Å². The smallest absolute Gasteiger partial charge is 0.290 e. The molecular weight excluding hydrogens is 444 g/mol. The Morgan fingerprint density at radius 3 is 2.51 bits per heavy atom. The molecule has 7 heteroatoms. The van der Waals surface area contributed by atoms with E-state index in [1.54, 1.807) is 37.3 Å². The molecule has 35 heavy (non-hydrogen) atoms. The Morgan fingerprint density at radius 2 is 1.77 bits per heavy atom. The van der Waals surface area contributed by atoms with Gasteiger partial charge in [-0.1, -0.05) is 30.3 Å². The number of benzene rings is 3. The van der Waals surface area contributed by atoms with E-state index < -0.39 is 6.04 Å². The maximum Gasteiger partial charge on any atom is 0.290 e. The minimum absolute atomic E-state index is 0.0959. The Bertz CT molecular complexity index is 1490. The number of hydrogen-bond acceptors (Lipinski definition) is 6. The molecule has 0 saturated carbocycles. The van der Waals surface area contributed by atoms with E-state index in [0.29, 0.717) is 40.1 Å². The minimum Gasteiger partial charge on any atom is -0.497 e. The van der Waals surface area contributed by atoms with E-state index in [0.717, 1.165) is 23.7 Å². The summed E-state index contributed by atoms with van der Waals surface area (Å²) in [5, 5.41) is 2.21. The van der Waals surface area contributed by atoms with E-state index in [-0.39, 0.29) is 17.1 Å². The maximum absolute atomic E-state index is 14.0. The van der Waals surface area contributed by atoms with Gasteiger partial charge in [-0.15, -0.1) is 0 Å². The maximum atomic E-state index is 14.0. The molecule has 0 fully saturated rings. The third-order valence-electron chi connectivity index (χ3n) is 6.59. The van der Waals surface area contributed by atoms with Gasteiger partial charge in [0.05, 0.1) is 31.2 Å². The predicted molar refractivity (Wildman–Crippen MR) is 136 cm³/mol. The van der Waals surface area contributed by atoms with Gasteiger partial charge in [0, 0.05) is 17.5 Å². The quantitative estimate of drug-likeness (QED) is 0.370. The molecule has 0 spiro atoms. The van der Waals surface area contributed by atoms with Crippen LogP contribution in [0.25, 0.3) is 21.7 Å². The number of methoxy groups -OCH3 is 2. The lowest BCUT2D eigenvalue weighted by Crippen LogP contribution is -2.32. The van der Waals surface area contributed by atoms with Crippen molar-refractivity contribution in [1.82, 2.24) is 9.80 Å². The molecule has 1 unspecified atom stereocenters. The van der Waals surface area contributed by atoms with E-state index in [4.69, 9.17) is 13.9 Å². The second-order valence-corrected chi connectivity index (χ2v) is 9.00. The van der Waals surface area contributed by atoms with Crippen molar-refractivity contribution in [2.24, 2.45) is 0 Å². The average Bonchev–Trinajstić information content (AvgIpc) is 3.15. The standard InChI is InChI=1S/C28H28N2O5/c1-29(2)14-7-15-30-24(21-16-18(33-3)11-13-22(21)34-4)23-25(31)20-12-10-17-8-5-6-9-19(17)26(20)35-27(23)28(30)32/h5-6,8-13,16,24H,7,14-15H2,1-4H3. The molecule has 0 aliphatic carbocycles. The summed E-state index contributed by atoms with van der Waals surface area (Å²) in [6.45, 7) is 1.26. The number of nitrogens with zero attached hydrogens (tertiary/aromatic N) is 2. The Hall–Kier alpha value is -3.84. The van der Waals surface area contributed by atoms with Crippen LogP contribution in [0.2, 0.25) is 0 Å². The number of rotatable bonds is 7. The minimum atomic E-state index is -0.642. The normalized spacial score (nSPS) is 15.3. The number of hydrogen-bond donors (Lipinski definition) is 0. The van der Waals surface area contributed by atoms with E-state index in [1.807, 2.05) is 50.5 Å². The van der Waals surface area contributed by atoms with Gasteiger partial charge in [-0.05, 0) is 56.7 Å². The van der Waals surface area contributed by atoms with Crippen LogP contribution < -0.4 is 14.9 Å². The Kier molecular flexibility index (Phi) is 5.94. The Morgan fingerprint density at radius 1 is 0.971 bits per heavy atom. The molecule has 4 aromatic rings. The first kappa shape index (κ1) is 22.9. The van der Waals surface area contributed by atoms with Gasteiger partial charge < -0.3 is 23.7 Å². The number of fused-ring (bicyclic) bond motifs is 4. The third kappa shape index (κ3) is 3.82. The van der Waals surface area contributed by atoms with Crippen LogP contribution >= 0.6 is 0 Å². The molecule has 1 aliphatic heterocycles. The third-order valence-corrected chi connectivity index (χ3v) is 6.59. The van der Waals surface area contributed by atoms with Crippen LogP contribution in [0.15, 0.2) is 63.8 Å². The number of carbonyl (C=O) groups is 1. The molecule has 180 valence electrons. The Labute approximate surface area is 203 Å². The molecule has 3 aromatic carbocycles. The highest BCUT2D eigenvalue weighted by atomic mass is 16.5. The summed E-state index contributed by atoms with van der Waals surface area (Å²) in [5.74, 6) is 0.998. The fraction of sp³-hybridized carbons (Fsp3) is 0.286. The zero-order valence-corrected chi connectivity index (χ0v) is 20.3. The lowest BCUT2D eigenvalue weighted by Gasteiger charge is -2.27. The summed E-state index contributed by atoms with van der Waals surface area (Å²) in [7, 11) is 7.15. The van der Waals surface area contributed by atoms with Crippen molar-refractivity contribution >= 4 is 27.6 Å². The molecule has 7 nitrogen and oxygen atoms in total. The largest absolute Gasteiger partial charge is 0.497 e. The highest BCUT2D eigenvalue weighted by molar-refractivity contribution is 6.06. The summed E-state index contributed by atoms with van der Waals surface area (Å²) in [6.07, 6.45) is 0.742. The predicted octanol–water partition coefficient (Wildman–Crippen LogP) is 4.46. The van der Waals surface area contributed by atoms with Gasteiger partial charge in [0.15, 0.2) is 5.43 Å². The summed E-state index contributed by atoms with van der Waals surface area (Å²) < 4.78 is 17.4. The molecule has 1 atom stereocenters. The first-order valence-corrected chi connectivity index (χ1v) is 11.6. The van der Waals surface area contributed by atoms with Gasteiger partial charge in [0.2, 0.25) is 5.76 Å². The van der Waals surface area contributed by atoms with Gasteiger partial charge in [0.1, 0.15) is 17.1 Å². The van der Waals surface area contributed by atoms with Crippen molar-refractivity contribution in [3.8, 4) is 11.5 Å². The molecule has 0 radical (unpaired) electrons. The van der Waals surface area contributed by atoms with E-state index in [2.05, 4.69) is 4.90 Å². The van der Waals surface area contributed by atoms with E-state index in [9.17, 15) is 9.59 Å². The molecule has 1 aliphatic rings. The van der Waals surface area contributed by atoms with Crippen molar-refractivity contribution in [2.45, 2.75) is 12.5 Å². The van der Waals surface area contributed by atoms with Gasteiger partial charge >= 0.3 is 0 Å². The van der Waals surface area contributed by atoms with Crippen molar-refractivity contribution in [3.63, 3.8) is 0 Å². The number of ether oxygens (including phenoxy) is 2. The first-order valence-electron chi connectivity index (χ1n) is 11.6. The number of carbonyl (C=O) groups excluding carboxylic acids is 1. The van der Waals surface area contributed by atoms with Crippen molar-refractivity contribution in [3.05, 3.63) is 81.7 Å². The van der Waals surface area contributed by atoms with Crippen molar-refractivity contribution in [1.29, 1.82) is 0 Å². The van der Waals surface area contributed by atoms with Crippen LogP contribution in [0.3, 0.4) is 0 Å². The zero-order valence-electron chi connectivity index (χ0n) is 20.3. The Balaban J connectivity index is 1.76. The summed E-state index contributed by atoms with van der Waals surface area (Å²) >= 11 is 0. The molecule has 0 bridgehead atoms. The summed E-state index contributed by atoms with van der Waals surface area (Å²) in [4.78, 5) is 31.5. The molecule has 1 amide bonds. The summed E-state index contributed by atoms with van der Waals surface area (Å²) in [6, 6.07) is 16.2. The van der Waals surface area contributed by atoms with Crippen LogP contribution in [-0.4, -0.2) is 57.1 Å². The monoisotopic (exact) mass is 472 g/mol. The van der Waals surface area contributed by atoms with Crippen LogP contribution in [0.5, 0.6) is 11.5 Å². The van der Waals surface area contributed by atoms with Gasteiger partial charge in [-0.2, -0.15) is 0 Å². The molecule has 1 aromatic heterocycles. The first-order chi connectivity index (χ1) is 16.9. The van der Waals surface area contributed by atoms with Crippen molar-refractivity contribution in [2.75, 3.05) is 41.4 Å². The van der Waals surface area contributed by atoms with Gasteiger partial charge in [0.25, 0.3) is 5.91 Å². The van der Waals surface area contributed by atoms with Crippen molar-refractivity contribution < 1.29 is 18.7 Å². The van der Waals surface area contributed by atoms with Gasteiger partial charge in [-0.25, -0.2) is 0 Å². The SMILES string of the molecule is COc1ccc(OC)c(C2c3c(oc4c(ccc5ccccc54)c3=O)C(=O)N2CCCN(C)C)c1. The van der Waals surface area contributed by atoms with Crippen LogP contribution in [0.4, 0.5) is 0 Å². The highest BCUT2D eigenvalue weighted by Gasteiger charge is 2.43. The van der Waals surface area contributed by atoms with Crippen LogP contribution in [0.1, 0.15) is 34.1 Å².